The number of pyridine rings is 1. The molecule has 1 aliphatic carbocycles. The highest BCUT2D eigenvalue weighted by Crippen LogP contribution is 2.37. The van der Waals surface area contributed by atoms with E-state index in [1.807, 2.05) is 6.07 Å². The molecule has 6 heteroatoms. The molecule has 4 aromatic rings. The van der Waals surface area contributed by atoms with Gasteiger partial charge in [0.2, 0.25) is 0 Å². The molecule has 160 valence electrons. The number of benzene rings is 1. The molecule has 1 saturated carbocycles. The second kappa shape index (κ2) is 7.72. The van der Waals surface area contributed by atoms with Crippen molar-refractivity contribution in [1.29, 1.82) is 0 Å². The number of halogens is 1. The summed E-state index contributed by atoms with van der Waals surface area (Å²) in [4.78, 5) is 9.79. The number of aromatic nitrogens is 4. The molecule has 0 unspecified atom stereocenters. The summed E-state index contributed by atoms with van der Waals surface area (Å²) in [5.41, 5.74) is 6.42. The first-order valence-corrected chi connectivity index (χ1v) is 11.3. The van der Waals surface area contributed by atoms with Crippen molar-refractivity contribution in [3.63, 3.8) is 0 Å². The van der Waals surface area contributed by atoms with Crippen molar-refractivity contribution in [1.82, 2.24) is 19.1 Å². The summed E-state index contributed by atoms with van der Waals surface area (Å²) in [6.45, 7) is 10.2. The van der Waals surface area contributed by atoms with E-state index in [2.05, 4.69) is 58.8 Å². The molecule has 3 aromatic heterocycles. The summed E-state index contributed by atoms with van der Waals surface area (Å²) >= 11 is 6.26. The molecule has 0 saturated heterocycles. The zero-order valence-electron chi connectivity index (χ0n) is 18.3. The van der Waals surface area contributed by atoms with Crippen LogP contribution in [-0.2, 0) is 24.2 Å². The molecule has 0 atom stereocenters. The number of methoxy groups -OCH3 is 1. The van der Waals surface area contributed by atoms with Crippen molar-refractivity contribution in [3.05, 3.63) is 53.2 Å². The standard InChI is InChI=1S/C25H27ClN4O/c1-5-17-11-19(15(3)31-4)12-20-23(17)29(6-2)25(27-20)21-13-18-9-10-22(26)28-24(18)30(21)14-16-7-8-16/h9-13,16H,3,5-8,14H2,1-2,4H3. The van der Waals surface area contributed by atoms with E-state index in [9.17, 15) is 0 Å². The molecular weight excluding hydrogens is 408 g/mol. The van der Waals surface area contributed by atoms with E-state index in [-0.39, 0.29) is 0 Å². The van der Waals surface area contributed by atoms with Gasteiger partial charge in [-0.15, -0.1) is 0 Å². The molecule has 1 fully saturated rings. The van der Waals surface area contributed by atoms with Crippen LogP contribution in [0.5, 0.6) is 0 Å². The average molecular weight is 435 g/mol. The molecule has 0 amide bonds. The Morgan fingerprint density at radius 1 is 1.16 bits per heavy atom. The topological polar surface area (TPSA) is 44.9 Å². The lowest BCUT2D eigenvalue weighted by Crippen LogP contribution is -2.07. The average Bonchev–Trinajstić information content (AvgIpc) is 3.43. The fraction of sp³-hybridized carbons (Fsp3) is 0.360. The van der Waals surface area contributed by atoms with Crippen LogP contribution < -0.4 is 0 Å². The van der Waals surface area contributed by atoms with Crippen molar-refractivity contribution in [2.45, 2.75) is 46.2 Å². The van der Waals surface area contributed by atoms with Gasteiger partial charge in [0.1, 0.15) is 16.6 Å². The minimum Gasteiger partial charge on any atom is -0.497 e. The largest absolute Gasteiger partial charge is 0.497 e. The normalized spacial score (nSPS) is 13.9. The third-order valence-corrected chi connectivity index (χ3v) is 6.47. The number of imidazole rings is 1. The van der Waals surface area contributed by atoms with Crippen molar-refractivity contribution >= 4 is 39.4 Å². The Morgan fingerprint density at radius 2 is 1.97 bits per heavy atom. The first-order chi connectivity index (χ1) is 15.0. The minimum absolute atomic E-state index is 0.522. The Morgan fingerprint density at radius 3 is 2.65 bits per heavy atom. The number of aryl methyl sites for hydroxylation is 2. The number of ether oxygens (including phenoxy) is 1. The molecule has 1 aromatic carbocycles. The lowest BCUT2D eigenvalue weighted by atomic mass is 10.1. The van der Waals surface area contributed by atoms with Crippen molar-refractivity contribution in [2.75, 3.05) is 7.11 Å². The van der Waals surface area contributed by atoms with Crippen LogP contribution >= 0.6 is 11.6 Å². The molecule has 5 nitrogen and oxygen atoms in total. The number of hydrogen-bond acceptors (Lipinski definition) is 3. The molecule has 0 spiro atoms. The molecule has 5 rings (SSSR count). The summed E-state index contributed by atoms with van der Waals surface area (Å²) in [5.74, 6) is 2.34. The summed E-state index contributed by atoms with van der Waals surface area (Å²) in [6, 6.07) is 10.4. The van der Waals surface area contributed by atoms with Crippen LogP contribution in [0.25, 0.3) is 39.3 Å². The van der Waals surface area contributed by atoms with Gasteiger partial charge in [-0.1, -0.05) is 25.1 Å². The maximum atomic E-state index is 6.26. The molecular formula is C25H27ClN4O. The second-order valence-electron chi connectivity index (χ2n) is 8.29. The molecule has 31 heavy (non-hydrogen) atoms. The maximum Gasteiger partial charge on any atom is 0.157 e. The lowest BCUT2D eigenvalue weighted by molar-refractivity contribution is 0.371. The van der Waals surface area contributed by atoms with Gasteiger partial charge < -0.3 is 13.9 Å². The van der Waals surface area contributed by atoms with Crippen LogP contribution in [0.2, 0.25) is 5.15 Å². The highest BCUT2D eigenvalue weighted by molar-refractivity contribution is 6.29. The van der Waals surface area contributed by atoms with Gasteiger partial charge in [-0.3, -0.25) is 0 Å². The molecule has 3 heterocycles. The predicted molar refractivity (Wildman–Crippen MR) is 127 cm³/mol. The maximum absolute atomic E-state index is 6.26. The van der Waals surface area contributed by atoms with Crippen LogP contribution in [0.3, 0.4) is 0 Å². The molecule has 0 aliphatic heterocycles. The molecule has 0 radical (unpaired) electrons. The predicted octanol–water partition coefficient (Wildman–Crippen LogP) is 6.32. The molecule has 1 aliphatic rings. The van der Waals surface area contributed by atoms with Gasteiger partial charge in [-0.2, -0.15) is 0 Å². The SMILES string of the molecule is C=C(OC)c1cc(CC)c2c(c1)nc(-c1cc3ccc(Cl)nc3n1CC1CC1)n2CC. The zero-order chi connectivity index (χ0) is 21.7. The van der Waals surface area contributed by atoms with Crippen LogP contribution in [0.1, 0.15) is 37.8 Å². The van der Waals surface area contributed by atoms with E-state index in [1.165, 1.54) is 23.9 Å². The monoisotopic (exact) mass is 434 g/mol. The minimum atomic E-state index is 0.522. The fourth-order valence-corrected chi connectivity index (χ4v) is 4.58. The first kappa shape index (κ1) is 20.1. The van der Waals surface area contributed by atoms with Crippen LogP contribution in [0, 0.1) is 5.92 Å². The van der Waals surface area contributed by atoms with Crippen molar-refractivity contribution in [3.8, 4) is 11.5 Å². The Labute approximate surface area is 187 Å². The Bertz CT molecular complexity index is 1310. The number of fused-ring (bicyclic) bond motifs is 2. The van der Waals surface area contributed by atoms with E-state index in [4.69, 9.17) is 21.3 Å². The summed E-state index contributed by atoms with van der Waals surface area (Å²) in [6.07, 6.45) is 3.45. The Kier molecular flexibility index (Phi) is 5.01. The Balaban J connectivity index is 1.78. The number of hydrogen-bond donors (Lipinski definition) is 0. The fourth-order valence-electron chi connectivity index (χ4n) is 4.44. The van der Waals surface area contributed by atoms with Gasteiger partial charge >= 0.3 is 0 Å². The highest BCUT2D eigenvalue weighted by Gasteiger charge is 2.26. The van der Waals surface area contributed by atoms with Gasteiger partial charge in [-0.05, 0) is 68.0 Å². The zero-order valence-corrected chi connectivity index (χ0v) is 19.0. The van der Waals surface area contributed by atoms with Gasteiger partial charge in [0.05, 0.1) is 23.8 Å². The van der Waals surface area contributed by atoms with Crippen LogP contribution in [0.15, 0.2) is 36.9 Å². The third-order valence-electron chi connectivity index (χ3n) is 6.26. The summed E-state index contributed by atoms with van der Waals surface area (Å²) < 4.78 is 10.0. The smallest absolute Gasteiger partial charge is 0.157 e. The highest BCUT2D eigenvalue weighted by atomic mass is 35.5. The van der Waals surface area contributed by atoms with Crippen LogP contribution in [-0.4, -0.2) is 26.2 Å². The van der Waals surface area contributed by atoms with Gasteiger partial charge in [0.25, 0.3) is 0 Å². The second-order valence-corrected chi connectivity index (χ2v) is 8.68. The van der Waals surface area contributed by atoms with Gasteiger partial charge in [0, 0.05) is 24.0 Å². The molecule has 0 bridgehead atoms. The van der Waals surface area contributed by atoms with Crippen LogP contribution in [0.4, 0.5) is 0 Å². The molecule has 0 N–H and O–H groups in total. The van der Waals surface area contributed by atoms with E-state index < -0.39 is 0 Å². The van der Waals surface area contributed by atoms with E-state index in [0.717, 1.165) is 53.1 Å². The number of rotatable bonds is 7. The van der Waals surface area contributed by atoms with Gasteiger partial charge in [0.15, 0.2) is 5.82 Å². The lowest BCUT2D eigenvalue weighted by Gasteiger charge is -2.13. The van der Waals surface area contributed by atoms with Crippen molar-refractivity contribution in [2.24, 2.45) is 5.92 Å². The Hall–Kier alpha value is -2.79. The first-order valence-electron chi connectivity index (χ1n) is 11.0. The van der Waals surface area contributed by atoms with E-state index >= 15 is 0 Å². The van der Waals surface area contributed by atoms with Gasteiger partial charge in [-0.25, -0.2) is 9.97 Å². The number of nitrogens with zero attached hydrogens (tertiary/aromatic N) is 4. The van der Waals surface area contributed by atoms with Crippen molar-refractivity contribution < 1.29 is 4.74 Å². The summed E-state index contributed by atoms with van der Waals surface area (Å²) in [7, 11) is 1.66. The third kappa shape index (κ3) is 3.41. The van der Waals surface area contributed by atoms with E-state index in [1.54, 1.807) is 7.11 Å². The van der Waals surface area contributed by atoms with E-state index in [0.29, 0.717) is 16.8 Å². The quantitative estimate of drug-likeness (QED) is 0.252. The summed E-state index contributed by atoms with van der Waals surface area (Å²) in [5, 5.41) is 1.62.